The number of amides is 1. The van der Waals surface area contributed by atoms with E-state index < -0.39 is 10.0 Å². The second-order valence-corrected chi connectivity index (χ2v) is 8.50. The van der Waals surface area contributed by atoms with E-state index in [2.05, 4.69) is 10.0 Å². The quantitative estimate of drug-likeness (QED) is 0.677. The van der Waals surface area contributed by atoms with Crippen molar-refractivity contribution in [2.24, 2.45) is 0 Å². The van der Waals surface area contributed by atoms with Crippen LogP contribution in [0, 0.1) is 6.92 Å². The molecular weight excluding hydrogens is 364 g/mol. The van der Waals surface area contributed by atoms with Crippen LogP contribution in [0.5, 0.6) is 0 Å². The average molecular weight is 386 g/mol. The predicted octanol–water partition coefficient (Wildman–Crippen LogP) is 3.61. The Bertz CT molecular complexity index is 1070. The SMILES string of the molecule is Cc1ccc2c(CC(=O)Nc3ccc(S(=O)(=O)NC(C)C)cc3)coc2c1. The molecule has 6 nitrogen and oxygen atoms in total. The van der Waals surface area contributed by atoms with Crippen LogP contribution in [-0.2, 0) is 21.2 Å². The lowest BCUT2D eigenvalue weighted by Gasteiger charge is -2.10. The van der Waals surface area contributed by atoms with Gasteiger partial charge in [0.25, 0.3) is 0 Å². The summed E-state index contributed by atoms with van der Waals surface area (Å²) in [6, 6.07) is 11.7. The fourth-order valence-corrected chi connectivity index (χ4v) is 4.05. The number of rotatable bonds is 6. The van der Waals surface area contributed by atoms with Gasteiger partial charge in [0.2, 0.25) is 15.9 Å². The van der Waals surface area contributed by atoms with Crippen LogP contribution in [0.15, 0.2) is 58.0 Å². The minimum absolute atomic E-state index is 0.158. The molecule has 0 aliphatic rings. The van der Waals surface area contributed by atoms with E-state index in [9.17, 15) is 13.2 Å². The lowest BCUT2D eigenvalue weighted by atomic mass is 10.1. The van der Waals surface area contributed by atoms with E-state index in [0.717, 1.165) is 22.1 Å². The number of fused-ring (bicyclic) bond motifs is 1. The normalized spacial score (nSPS) is 11.9. The first-order valence-electron chi connectivity index (χ1n) is 8.63. The number of hydrogen-bond acceptors (Lipinski definition) is 4. The maximum atomic E-state index is 12.3. The number of furan rings is 1. The molecule has 2 N–H and O–H groups in total. The summed E-state index contributed by atoms with van der Waals surface area (Å²) in [6.45, 7) is 5.49. The lowest BCUT2D eigenvalue weighted by molar-refractivity contribution is -0.115. The molecule has 27 heavy (non-hydrogen) atoms. The van der Waals surface area contributed by atoms with Gasteiger partial charge in [-0.1, -0.05) is 12.1 Å². The first kappa shape index (κ1) is 19.1. The average Bonchev–Trinajstić information content (AvgIpc) is 2.96. The Morgan fingerprint density at radius 1 is 1.11 bits per heavy atom. The highest BCUT2D eigenvalue weighted by Crippen LogP contribution is 2.23. The van der Waals surface area contributed by atoms with Gasteiger partial charge in [-0.05, 0) is 56.7 Å². The lowest BCUT2D eigenvalue weighted by Crippen LogP contribution is -2.30. The van der Waals surface area contributed by atoms with Gasteiger partial charge in [-0.2, -0.15) is 0 Å². The zero-order chi connectivity index (χ0) is 19.6. The number of carbonyl (C=O) groups is 1. The van der Waals surface area contributed by atoms with Crippen LogP contribution in [0.25, 0.3) is 11.0 Å². The van der Waals surface area contributed by atoms with E-state index in [0.29, 0.717) is 5.69 Å². The van der Waals surface area contributed by atoms with E-state index in [-0.39, 0.29) is 23.3 Å². The van der Waals surface area contributed by atoms with Crippen LogP contribution < -0.4 is 10.0 Å². The summed E-state index contributed by atoms with van der Waals surface area (Å²) in [5, 5.41) is 3.69. The molecule has 1 aromatic heterocycles. The molecule has 0 spiro atoms. The number of aryl methyl sites for hydroxylation is 1. The Hall–Kier alpha value is -2.64. The number of anilines is 1. The summed E-state index contributed by atoms with van der Waals surface area (Å²) >= 11 is 0. The van der Waals surface area contributed by atoms with Crippen molar-refractivity contribution in [3.05, 3.63) is 59.9 Å². The van der Waals surface area contributed by atoms with Crippen molar-refractivity contribution < 1.29 is 17.6 Å². The number of carbonyl (C=O) groups excluding carboxylic acids is 1. The molecule has 0 aliphatic carbocycles. The molecule has 0 radical (unpaired) electrons. The van der Waals surface area contributed by atoms with Gasteiger partial charge in [0.05, 0.1) is 17.6 Å². The minimum atomic E-state index is -3.55. The van der Waals surface area contributed by atoms with Crippen LogP contribution in [0.2, 0.25) is 0 Å². The first-order valence-corrected chi connectivity index (χ1v) is 10.1. The Labute approximate surface area is 158 Å². The molecule has 0 unspecified atom stereocenters. The molecule has 1 heterocycles. The van der Waals surface area contributed by atoms with Crippen molar-refractivity contribution in [1.29, 1.82) is 0 Å². The van der Waals surface area contributed by atoms with Crippen LogP contribution in [0.1, 0.15) is 25.0 Å². The number of sulfonamides is 1. The largest absolute Gasteiger partial charge is 0.464 e. The molecule has 0 fully saturated rings. The molecular formula is C20H22N2O4S. The molecule has 3 aromatic rings. The van der Waals surface area contributed by atoms with Gasteiger partial charge in [-0.3, -0.25) is 4.79 Å². The monoisotopic (exact) mass is 386 g/mol. The third kappa shape index (κ3) is 4.56. The molecule has 0 bridgehead atoms. The summed E-state index contributed by atoms with van der Waals surface area (Å²) in [5.41, 5.74) is 3.19. The third-order valence-electron chi connectivity index (χ3n) is 4.00. The van der Waals surface area contributed by atoms with Crippen molar-refractivity contribution in [2.45, 2.75) is 38.1 Å². The van der Waals surface area contributed by atoms with Crippen molar-refractivity contribution in [3.8, 4) is 0 Å². The maximum absolute atomic E-state index is 12.3. The Balaban J connectivity index is 1.69. The highest BCUT2D eigenvalue weighted by molar-refractivity contribution is 7.89. The number of hydrogen-bond donors (Lipinski definition) is 2. The maximum Gasteiger partial charge on any atom is 0.240 e. The summed E-state index contributed by atoms with van der Waals surface area (Å²) in [6.07, 6.45) is 1.77. The summed E-state index contributed by atoms with van der Waals surface area (Å²) < 4.78 is 32.3. The molecule has 142 valence electrons. The van der Waals surface area contributed by atoms with Crippen molar-refractivity contribution in [3.63, 3.8) is 0 Å². The topological polar surface area (TPSA) is 88.4 Å². The fourth-order valence-electron chi connectivity index (χ4n) is 2.80. The molecule has 1 amide bonds. The van der Waals surface area contributed by atoms with Crippen molar-refractivity contribution in [2.75, 3.05) is 5.32 Å². The molecule has 0 atom stereocenters. The Kier molecular flexibility index (Phi) is 5.34. The van der Waals surface area contributed by atoms with Crippen LogP contribution >= 0.6 is 0 Å². The fraction of sp³-hybridized carbons (Fsp3) is 0.250. The van der Waals surface area contributed by atoms with Gasteiger partial charge in [-0.15, -0.1) is 0 Å². The summed E-state index contributed by atoms with van der Waals surface area (Å²) in [5.74, 6) is -0.200. The number of benzene rings is 2. The highest BCUT2D eigenvalue weighted by Gasteiger charge is 2.15. The molecule has 0 saturated carbocycles. The number of nitrogens with one attached hydrogen (secondary N) is 2. The second kappa shape index (κ2) is 7.54. The summed E-state index contributed by atoms with van der Waals surface area (Å²) in [7, 11) is -3.55. The Morgan fingerprint density at radius 2 is 1.81 bits per heavy atom. The van der Waals surface area contributed by atoms with Gasteiger partial charge < -0.3 is 9.73 Å². The van der Waals surface area contributed by atoms with E-state index in [1.165, 1.54) is 12.1 Å². The van der Waals surface area contributed by atoms with Crippen molar-refractivity contribution >= 4 is 32.6 Å². The van der Waals surface area contributed by atoms with E-state index in [1.807, 2.05) is 25.1 Å². The van der Waals surface area contributed by atoms with Gasteiger partial charge in [0.15, 0.2) is 0 Å². The van der Waals surface area contributed by atoms with Gasteiger partial charge >= 0.3 is 0 Å². The molecule has 0 saturated heterocycles. The van der Waals surface area contributed by atoms with Gasteiger partial charge in [-0.25, -0.2) is 13.1 Å². The molecule has 0 aliphatic heterocycles. The van der Waals surface area contributed by atoms with Crippen molar-refractivity contribution in [1.82, 2.24) is 4.72 Å². The first-order chi connectivity index (χ1) is 12.7. The van der Waals surface area contributed by atoms with Crippen LogP contribution in [0.4, 0.5) is 5.69 Å². The second-order valence-electron chi connectivity index (χ2n) is 6.79. The standard InChI is InChI=1S/C20H22N2O4S/c1-13(2)22-27(24,25)17-7-5-16(6-8-17)21-20(23)11-15-12-26-19-10-14(3)4-9-18(15)19/h4-10,12-13,22H,11H2,1-3H3,(H,21,23). The van der Waals surface area contributed by atoms with E-state index >= 15 is 0 Å². The predicted molar refractivity (Wildman–Crippen MR) is 105 cm³/mol. The van der Waals surface area contributed by atoms with Crippen LogP contribution in [0.3, 0.4) is 0 Å². The molecule has 7 heteroatoms. The zero-order valence-corrected chi connectivity index (χ0v) is 16.3. The van der Waals surface area contributed by atoms with E-state index in [4.69, 9.17) is 4.42 Å². The molecule has 3 rings (SSSR count). The highest BCUT2D eigenvalue weighted by atomic mass is 32.2. The molecule has 2 aromatic carbocycles. The van der Waals surface area contributed by atoms with Crippen LogP contribution in [-0.4, -0.2) is 20.4 Å². The zero-order valence-electron chi connectivity index (χ0n) is 15.4. The Morgan fingerprint density at radius 3 is 2.48 bits per heavy atom. The summed E-state index contributed by atoms with van der Waals surface area (Å²) in [4.78, 5) is 12.5. The smallest absolute Gasteiger partial charge is 0.240 e. The van der Waals surface area contributed by atoms with Gasteiger partial charge in [0, 0.05) is 22.7 Å². The third-order valence-corrected chi connectivity index (χ3v) is 5.68. The van der Waals surface area contributed by atoms with Gasteiger partial charge in [0.1, 0.15) is 5.58 Å². The minimum Gasteiger partial charge on any atom is -0.464 e. The van der Waals surface area contributed by atoms with E-state index in [1.54, 1.807) is 32.2 Å².